The third-order valence-electron chi connectivity index (χ3n) is 4.52. The SMILES string of the molecule is CC(=O)Nc1cccc(-c2cnc(N)c(-c3n[nH]c(=O)n3-c3cccc(F)c3F)c2)c1. The molecule has 8 nitrogen and oxygen atoms in total. The van der Waals surface area contributed by atoms with Crippen molar-refractivity contribution < 1.29 is 13.6 Å². The van der Waals surface area contributed by atoms with Crippen LogP contribution in [0, 0.1) is 11.6 Å². The Kier molecular flexibility index (Phi) is 5.04. The number of rotatable bonds is 4. The van der Waals surface area contributed by atoms with Gasteiger partial charge in [0.2, 0.25) is 5.91 Å². The number of amides is 1. The fraction of sp³-hybridized carbons (Fsp3) is 0.0476. The van der Waals surface area contributed by atoms with E-state index >= 15 is 0 Å². The van der Waals surface area contributed by atoms with Crippen molar-refractivity contribution in [1.29, 1.82) is 0 Å². The summed E-state index contributed by atoms with van der Waals surface area (Å²) in [5.74, 6) is -2.51. The standard InChI is InChI=1S/C21H16F2N6O2/c1-11(30)26-14-5-2-4-12(8-14)13-9-15(19(24)25-10-13)20-27-28-21(31)29(20)17-7-3-6-16(22)18(17)23/h2-10H,1H3,(H2,24,25)(H,26,30)(H,28,31). The van der Waals surface area contributed by atoms with E-state index in [2.05, 4.69) is 20.5 Å². The van der Waals surface area contributed by atoms with E-state index in [9.17, 15) is 18.4 Å². The Labute approximate surface area is 174 Å². The summed E-state index contributed by atoms with van der Waals surface area (Å²) in [6, 6.07) is 12.1. The van der Waals surface area contributed by atoms with Gasteiger partial charge in [0, 0.05) is 24.4 Å². The highest BCUT2D eigenvalue weighted by Gasteiger charge is 2.20. The van der Waals surface area contributed by atoms with Crippen LogP contribution >= 0.6 is 0 Å². The number of H-pyrrole nitrogens is 1. The number of hydrogen-bond acceptors (Lipinski definition) is 5. The minimum Gasteiger partial charge on any atom is -0.383 e. The summed E-state index contributed by atoms with van der Waals surface area (Å²) in [5, 5.41) is 8.87. The van der Waals surface area contributed by atoms with Crippen LogP contribution in [-0.4, -0.2) is 25.7 Å². The lowest BCUT2D eigenvalue weighted by Gasteiger charge is -2.11. The highest BCUT2D eigenvalue weighted by atomic mass is 19.2. The number of aromatic nitrogens is 4. The van der Waals surface area contributed by atoms with Gasteiger partial charge in [-0.3, -0.25) is 4.79 Å². The number of carbonyl (C=O) groups is 1. The van der Waals surface area contributed by atoms with Crippen LogP contribution in [0.15, 0.2) is 59.5 Å². The Morgan fingerprint density at radius 1 is 1.13 bits per heavy atom. The first-order valence-corrected chi connectivity index (χ1v) is 9.11. The largest absolute Gasteiger partial charge is 0.383 e. The predicted octanol–water partition coefficient (Wildman–Crippen LogP) is 3.11. The van der Waals surface area contributed by atoms with Gasteiger partial charge in [-0.2, -0.15) is 5.10 Å². The number of halogens is 2. The van der Waals surface area contributed by atoms with E-state index in [0.717, 1.165) is 10.6 Å². The first kappa shape index (κ1) is 20.0. The molecule has 2 heterocycles. The fourth-order valence-corrected chi connectivity index (χ4v) is 3.16. The van der Waals surface area contributed by atoms with Crippen LogP contribution in [0.5, 0.6) is 0 Å². The van der Waals surface area contributed by atoms with Crippen molar-refractivity contribution in [3.63, 3.8) is 0 Å². The first-order chi connectivity index (χ1) is 14.8. The molecule has 2 aromatic carbocycles. The van der Waals surface area contributed by atoms with Crippen LogP contribution in [0.2, 0.25) is 0 Å². The van der Waals surface area contributed by atoms with E-state index in [1.807, 2.05) is 0 Å². The molecule has 0 saturated carbocycles. The highest BCUT2D eigenvalue weighted by Crippen LogP contribution is 2.30. The predicted molar refractivity (Wildman–Crippen MR) is 111 cm³/mol. The summed E-state index contributed by atoms with van der Waals surface area (Å²) in [6.45, 7) is 1.40. The van der Waals surface area contributed by atoms with Crippen molar-refractivity contribution in [2.75, 3.05) is 11.1 Å². The molecule has 156 valence electrons. The maximum Gasteiger partial charge on any atom is 0.348 e. The van der Waals surface area contributed by atoms with Crippen molar-refractivity contribution in [3.05, 3.63) is 76.8 Å². The molecular weight excluding hydrogens is 406 g/mol. The number of nitrogens with two attached hydrogens (primary N) is 1. The average Bonchev–Trinajstić information content (AvgIpc) is 3.11. The number of anilines is 2. The zero-order valence-corrected chi connectivity index (χ0v) is 16.2. The Hall–Kier alpha value is -4.34. The Balaban J connectivity index is 1.86. The molecule has 0 fully saturated rings. The molecule has 4 rings (SSSR count). The van der Waals surface area contributed by atoms with E-state index < -0.39 is 17.3 Å². The monoisotopic (exact) mass is 422 g/mol. The van der Waals surface area contributed by atoms with E-state index in [1.165, 1.54) is 25.3 Å². The van der Waals surface area contributed by atoms with Gasteiger partial charge in [0.25, 0.3) is 0 Å². The molecule has 1 amide bonds. The molecule has 0 atom stereocenters. The zero-order chi connectivity index (χ0) is 22.1. The molecule has 31 heavy (non-hydrogen) atoms. The van der Waals surface area contributed by atoms with Crippen LogP contribution in [0.1, 0.15) is 6.92 Å². The van der Waals surface area contributed by atoms with Crippen molar-refractivity contribution in [3.8, 4) is 28.2 Å². The maximum atomic E-state index is 14.4. The molecule has 0 bridgehead atoms. The smallest absolute Gasteiger partial charge is 0.348 e. The molecule has 0 aliphatic rings. The van der Waals surface area contributed by atoms with Gasteiger partial charge in [-0.15, -0.1) is 0 Å². The van der Waals surface area contributed by atoms with Gasteiger partial charge in [0.05, 0.1) is 11.3 Å². The highest BCUT2D eigenvalue weighted by molar-refractivity contribution is 5.89. The quantitative estimate of drug-likeness (QED) is 0.467. The third-order valence-corrected chi connectivity index (χ3v) is 4.52. The van der Waals surface area contributed by atoms with Gasteiger partial charge in [-0.05, 0) is 35.9 Å². The van der Waals surface area contributed by atoms with Crippen LogP contribution in [0.3, 0.4) is 0 Å². The van der Waals surface area contributed by atoms with Gasteiger partial charge >= 0.3 is 5.69 Å². The molecule has 0 saturated heterocycles. The minimum atomic E-state index is -1.20. The molecule has 4 aromatic rings. The molecule has 0 aliphatic heterocycles. The Morgan fingerprint density at radius 2 is 1.90 bits per heavy atom. The molecule has 0 unspecified atom stereocenters. The van der Waals surface area contributed by atoms with E-state index in [4.69, 9.17) is 5.73 Å². The first-order valence-electron chi connectivity index (χ1n) is 9.11. The summed E-state index contributed by atoms with van der Waals surface area (Å²) in [6.07, 6.45) is 1.52. The average molecular weight is 422 g/mol. The Morgan fingerprint density at radius 3 is 2.68 bits per heavy atom. The number of benzene rings is 2. The van der Waals surface area contributed by atoms with E-state index in [1.54, 1.807) is 30.3 Å². The van der Waals surface area contributed by atoms with Gasteiger partial charge in [-0.1, -0.05) is 18.2 Å². The van der Waals surface area contributed by atoms with Gasteiger partial charge in [0.15, 0.2) is 17.5 Å². The number of aromatic amines is 1. The van der Waals surface area contributed by atoms with Crippen molar-refractivity contribution in [2.45, 2.75) is 6.92 Å². The molecule has 0 aliphatic carbocycles. The fourth-order valence-electron chi connectivity index (χ4n) is 3.16. The van der Waals surface area contributed by atoms with Gasteiger partial charge in [-0.25, -0.2) is 28.2 Å². The molecule has 0 radical (unpaired) electrons. The van der Waals surface area contributed by atoms with Crippen molar-refractivity contribution in [2.24, 2.45) is 0 Å². The van der Waals surface area contributed by atoms with E-state index in [-0.39, 0.29) is 28.8 Å². The molecule has 4 N–H and O–H groups in total. The van der Waals surface area contributed by atoms with Crippen LogP contribution in [-0.2, 0) is 4.79 Å². The molecular formula is C21H16F2N6O2. The second kappa shape index (κ2) is 7.82. The topological polar surface area (TPSA) is 119 Å². The molecule has 0 spiro atoms. The third kappa shape index (κ3) is 3.78. The number of carbonyl (C=O) groups excluding carboxylic acids is 1. The normalized spacial score (nSPS) is 10.8. The molecule has 2 aromatic heterocycles. The lowest BCUT2D eigenvalue weighted by Crippen LogP contribution is -2.17. The number of nitrogens with one attached hydrogen (secondary N) is 2. The summed E-state index contributed by atoms with van der Waals surface area (Å²) >= 11 is 0. The number of pyridine rings is 1. The van der Waals surface area contributed by atoms with Crippen LogP contribution < -0.4 is 16.7 Å². The lowest BCUT2D eigenvalue weighted by atomic mass is 10.0. The van der Waals surface area contributed by atoms with Crippen molar-refractivity contribution >= 4 is 17.4 Å². The van der Waals surface area contributed by atoms with E-state index in [0.29, 0.717) is 16.8 Å². The number of nitrogen functional groups attached to an aromatic ring is 1. The summed E-state index contributed by atoms with van der Waals surface area (Å²) in [7, 11) is 0. The maximum absolute atomic E-state index is 14.4. The zero-order valence-electron chi connectivity index (χ0n) is 16.2. The second-order valence-electron chi connectivity index (χ2n) is 6.68. The Bertz CT molecular complexity index is 1360. The summed E-state index contributed by atoms with van der Waals surface area (Å²) in [5.41, 5.74) is 7.08. The lowest BCUT2D eigenvalue weighted by molar-refractivity contribution is -0.114. The number of hydrogen-bond donors (Lipinski definition) is 3. The van der Waals surface area contributed by atoms with Crippen LogP contribution in [0.4, 0.5) is 20.3 Å². The van der Waals surface area contributed by atoms with Gasteiger partial charge < -0.3 is 11.1 Å². The summed E-state index contributed by atoms with van der Waals surface area (Å²) < 4.78 is 29.0. The number of nitrogens with zero attached hydrogens (tertiary/aromatic N) is 3. The second-order valence-corrected chi connectivity index (χ2v) is 6.68. The van der Waals surface area contributed by atoms with Crippen LogP contribution in [0.25, 0.3) is 28.2 Å². The molecule has 10 heteroatoms. The van der Waals surface area contributed by atoms with Crippen molar-refractivity contribution in [1.82, 2.24) is 19.7 Å². The minimum absolute atomic E-state index is 0.0284. The summed E-state index contributed by atoms with van der Waals surface area (Å²) in [4.78, 5) is 27.8. The van der Waals surface area contributed by atoms with Gasteiger partial charge in [0.1, 0.15) is 5.82 Å².